The zero-order chi connectivity index (χ0) is 14.6. The molecular weight excluding hydrogens is 246 g/mol. The summed E-state index contributed by atoms with van der Waals surface area (Å²) < 4.78 is 5.69. The lowest BCUT2D eigenvalue weighted by Gasteiger charge is -2.26. The van der Waals surface area contributed by atoms with E-state index in [4.69, 9.17) is 4.74 Å². The fourth-order valence-electron chi connectivity index (χ4n) is 3.03. The van der Waals surface area contributed by atoms with Crippen molar-refractivity contribution in [3.8, 4) is 5.75 Å². The molecule has 0 saturated heterocycles. The summed E-state index contributed by atoms with van der Waals surface area (Å²) in [5, 5.41) is 3.70. The zero-order valence-corrected chi connectivity index (χ0v) is 13.4. The maximum atomic E-state index is 5.69. The van der Waals surface area contributed by atoms with Crippen LogP contribution in [0.3, 0.4) is 0 Å². The van der Waals surface area contributed by atoms with E-state index < -0.39 is 0 Å². The standard InChI is InChI=1S/C18H29NO/c1-14(2)20-17-9-7-16(8-10-17)15(3)19-13-18(4)11-5-6-12-18/h7-10,14-15,19H,5-6,11-13H2,1-4H3. The van der Waals surface area contributed by atoms with E-state index in [0.29, 0.717) is 11.5 Å². The number of rotatable bonds is 6. The molecule has 0 amide bonds. The predicted octanol–water partition coefficient (Wildman–Crippen LogP) is 4.70. The van der Waals surface area contributed by atoms with Crippen LogP contribution < -0.4 is 10.1 Å². The van der Waals surface area contributed by atoms with Gasteiger partial charge in [-0.25, -0.2) is 0 Å². The molecule has 2 nitrogen and oxygen atoms in total. The molecule has 0 aromatic heterocycles. The van der Waals surface area contributed by atoms with Crippen LogP contribution in [0.5, 0.6) is 5.75 Å². The molecule has 0 aliphatic heterocycles. The topological polar surface area (TPSA) is 21.3 Å². The molecule has 112 valence electrons. The third-order valence-corrected chi connectivity index (χ3v) is 4.40. The first kappa shape index (κ1) is 15.4. The minimum Gasteiger partial charge on any atom is -0.491 e. The summed E-state index contributed by atoms with van der Waals surface area (Å²) in [6.45, 7) is 9.90. The fourth-order valence-corrected chi connectivity index (χ4v) is 3.03. The monoisotopic (exact) mass is 275 g/mol. The van der Waals surface area contributed by atoms with Crippen LogP contribution in [0.15, 0.2) is 24.3 Å². The van der Waals surface area contributed by atoms with Gasteiger partial charge in [0.2, 0.25) is 0 Å². The van der Waals surface area contributed by atoms with Gasteiger partial charge in [0.05, 0.1) is 6.10 Å². The van der Waals surface area contributed by atoms with Crippen molar-refractivity contribution in [2.75, 3.05) is 6.54 Å². The van der Waals surface area contributed by atoms with E-state index >= 15 is 0 Å². The molecule has 20 heavy (non-hydrogen) atoms. The molecule has 0 heterocycles. The number of hydrogen-bond donors (Lipinski definition) is 1. The summed E-state index contributed by atoms with van der Waals surface area (Å²) in [7, 11) is 0. The molecule has 1 aromatic rings. The van der Waals surface area contributed by atoms with Crippen LogP contribution in [0.2, 0.25) is 0 Å². The molecule has 1 N–H and O–H groups in total. The van der Waals surface area contributed by atoms with Crippen LogP contribution in [0.25, 0.3) is 0 Å². The molecule has 1 atom stereocenters. The SMILES string of the molecule is CC(C)Oc1ccc(C(C)NCC2(C)CCCC2)cc1. The third kappa shape index (κ3) is 4.24. The molecule has 2 rings (SSSR count). The van der Waals surface area contributed by atoms with E-state index in [2.05, 4.69) is 57.3 Å². The Morgan fingerprint density at radius 3 is 2.25 bits per heavy atom. The van der Waals surface area contributed by atoms with Crippen LogP contribution in [0, 0.1) is 5.41 Å². The molecule has 0 radical (unpaired) electrons. The van der Waals surface area contributed by atoms with Crippen molar-refractivity contribution >= 4 is 0 Å². The Labute approximate surface area is 123 Å². The van der Waals surface area contributed by atoms with Gasteiger partial charge in [0.25, 0.3) is 0 Å². The van der Waals surface area contributed by atoms with Crippen molar-refractivity contribution in [1.29, 1.82) is 0 Å². The Balaban J connectivity index is 1.87. The summed E-state index contributed by atoms with van der Waals surface area (Å²) in [5.74, 6) is 0.957. The van der Waals surface area contributed by atoms with E-state index in [1.54, 1.807) is 0 Å². The second kappa shape index (κ2) is 6.62. The molecule has 1 aliphatic rings. The maximum absolute atomic E-state index is 5.69. The first-order valence-electron chi connectivity index (χ1n) is 7.98. The molecule has 0 bridgehead atoms. The normalized spacial score (nSPS) is 19.2. The van der Waals surface area contributed by atoms with Crippen LogP contribution in [-0.2, 0) is 0 Å². The second-order valence-corrected chi connectivity index (χ2v) is 6.86. The van der Waals surface area contributed by atoms with E-state index in [9.17, 15) is 0 Å². The van der Waals surface area contributed by atoms with Crippen LogP contribution in [-0.4, -0.2) is 12.6 Å². The first-order chi connectivity index (χ1) is 9.48. The maximum Gasteiger partial charge on any atom is 0.119 e. The lowest BCUT2D eigenvalue weighted by molar-refractivity contribution is 0.242. The predicted molar refractivity (Wildman–Crippen MR) is 85.2 cm³/mol. The molecular formula is C18H29NO. The van der Waals surface area contributed by atoms with Gasteiger partial charge < -0.3 is 10.1 Å². The lowest BCUT2D eigenvalue weighted by atomic mass is 9.88. The van der Waals surface area contributed by atoms with E-state index in [1.165, 1.54) is 31.2 Å². The van der Waals surface area contributed by atoms with Crippen molar-refractivity contribution in [3.05, 3.63) is 29.8 Å². The molecule has 1 aromatic carbocycles. The minimum atomic E-state index is 0.235. The molecule has 1 saturated carbocycles. The van der Waals surface area contributed by atoms with Crippen molar-refractivity contribution in [1.82, 2.24) is 5.32 Å². The van der Waals surface area contributed by atoms with Gasteiger partial charge in [-0.2, -0.15) is 0 Å². The molecule has 1 fully saturated rings. The molecule has 0 spiro atoms. The van der Waals surface area contributed by atoms with Crippen molar-refractivity contribution in [3.63, 3.8) is 0 Å². The summed E-state index contributed by atoms with van der Waals surface area (Å²) in [4.78, 5) is 0. The van der Waals surface area contributed by atoms with E-state index in [1.807, 2.05) is 0 Å². The summed E-state index contributed by atoms with van der Waals surface area (Å²) in [5.41, 5.74) is 1.84. The fraction of sp³-hybridized carbons (Fsp3) is 0.667. The van der Waals surface area contributed by atoms with E-state index in [-0.39, 0.29) is 6.10 Å². The van der Waals surface area contributed by atoms with Crippen LogP contribution >= 0.6 is 0 Å². The Hall–Kier alpha value is -1.02. The van der Waals surface area contributed by atoms with Crippen molar-refractivity contribution < 1.29 is 4.74 Å². The summed E-state index contributed by atoms with van der Waals surface area (Å²) in [6.07, 6.45) is 5.77. The second-order valence-electron chi connectivity index (χ2n) is 6.86. The van der Waals surface area contributed by atoms with Gasteiger partial charge in [-0.1, -0.05) is 31.9 Å². The highest BCUT2D eigenvalue weighted by Gasteiger charge is 2.28. The lowest BCUT2D eigenvalue weighted by Crippen LogP contribution is -2.31. The highest BCUT2D eigenvalue weighted by Crippen LogP contribution is 2.37. The summed E-state index contributed by atoms with van der Waals surface area (Å²) in [6, 6.07) is 8.90. The van der Waals surface area contributed by atoms with Gasteiger partial charge in [-0.3, -0.25) is 0 Å². The Bertz CT molecular complexity index is 404. The van der Waals surface area contributed by atoms with Gasteiger partial charge in [0, 0.05) is 12.6 Å². The molecule has 2 heteroatoms. The van der Waals surface area contributed by atoms with Crippen LogP contribution in [0.4, 0.5) is 0 Å². The van der Waals surface area contributed by atoms with Gasteiger partial charge in [-0.15, -0.1) is 0 Å². The Morgan fingerprint density at radius 1 is 1.10 bits per heavy atom. The van der Waals surface area contributed by atoms with Gasteiger partial charge in [-0.05, 0) is 56.7 Å². The number of nitrogens with one attached hydrogen (secondary N) is 1. The highest BCUT2D eigenvalue weighted by molar-refractivity contribution is 5.29. The average Bonchev–Trinajstić information content (AvgIpc) is 2.84. The van der Waals surface area contributed by atoms with Gasteiger partial charge in [0.1, 0.15) is 5.75 Å². The minimum absolute atomic E-state index is 0.235. The Morgan fingerprint density at radius 2 is 1.70 bits per heavy atom. The molecule has 1 unspecified atom stereocenters. The van der Waals surface area contributed by atoms with Gasteiger partial charge >= 0.3 is 0 Å². The third-order valence-electron chi connectivity index (χ3n) is 4.40. The van der Waals surface area contributed by atoms with E-state index in [0.717, 1.165) is 12.3 Å². The number of ether oxygens (including phenoxy) is 1. The quantitative estimate of drug-likeness (QED) is 0.812. The number of hydrogen-bond acceptors (Lipinski definition) is 2. The average molecular weight is 275 g/mol. The van der Waals surface area contributed by atoms with Crippen molar-refractivity contribution in [2.45, 2.75) is 65.5 Å². The zero-order valence-electron chi connectivity index (χ0n) is 13.4. The van der Waals surface area contributed by atoms with Crippen LogP contribution in [0.1, 0.15) is 65.0 Å². The highest BCUT2D eigenvalue weighted by atomic mass is 16.5. The number of benzene rings is 1. The first-order valence-corrected chi connectivity index (χ1v) is 7.98. The smallest absolute Gasteiger partial charge is 0.119 e. The molecule has 1 aliphatic carbocycles. The van der Waals surface area contributed by atoms with Crippen molar-refractivity contribution in [2.24, 2.45) is 5.41 Å². The summed E-state index contributed by atoms with van der Waals surface area (Å²) >= 11 is 0. The Kier molecular flexibility index (Phi) is 5.09. The largest absolute Gasteiger partial charge is 0.491 e. The van der Waals surface area contributed by atoms with Gasteiger partial charge in [0.15, 0.2) is 0 Å².